The first-order chi connectivity index (χ1) is 8.95. The lowest BCUT2D eigenvalue weighted by Gasteiger charge is -2.21. The summed E-state index contributed by atoms with van der Waals surface area (Å²) in [4.78, 5) is 16.2. The number of H-pyrrole nitrogens is 1. The number of rotatable bonds is 7. The molecular formula is C13H24N4O2. The van der Waals surface area contributed by atoms with Gasteiger partial charge in [-0.2, -0.15) is 0 Å². The van der Waals surface area contributed by atoms with E-state index in [0.717, 1.165) is 5.82 Å². The van der Waals surface area contributed by atoms with Crippen LogP contribution in [0.1, 0.15) is 57.0 Å². The van der Waals surface area contributed by atoms with Gasteiger partial charge in [-0.15, -0.1) is 5.10 Å². The van der Waals surface area contributed by atoms with Gasteiger partial charge in [0.15, 0.2) is 0 Å². The van der Waals surface area contributed by atoms with Gasteiger partial charge in [0.05, 0.1) is 12.6 Å². The fourth-order valence-corrected chi connectivity index (χ4v) is 1.51. The fourth-order valence-electron chi connectivity index (χ4n) is 1.51. The minimum atomic E-state index is -0.262. The van der Waals surface area contributed by atoms with E-state index in [1.165, 1.54) is 0 Å². The summed E-state index contributed by atoms with van der Waals surface area (Å²) in [5.74, 6) is 1.15. The zero-order valence-corrected chi connectivity index (χ0v) is 12.4. The molecule has 0 aliphatic carbocycles. The topological polar surface area (TPSA) is 79.9 Å². The second-order valence-corrected chi connectivity index (χ2v) is 5.18. The molecule has 19 heavy (non-hydrogen) atoms. The van der Waals surface area contributed by atoms with Crippen molar-refractivity contribution in [2.24, 2.45) is 5.92 Å². The quantitative estimate of drug-likeness (QED) is 0.789. The van der Waals surface area contributed by atoms with Gasteiger partial charge >= 0.3 is 0 Å². The lowest BCUT2D eigenvalue weighted by atomic mass is 10.1. The molecule has 0 aliphatic heterocycles. The van der Waals surface area contributed by atoms with Gasteiger partial charge in [0.1, 0.15) is 5.82 Å². The van der Waals surface area contributed by atoms with Crippen molar-refractivity contribution in [2.75, 3.05) is 13.2 Å². The van der Waals surface area contributed by atoms with E-state index in [9.17, 15) is 4.79 Å². The second kappa shape index (κ2) is 7.23. The maximum Gasteiger partial charge on any atom is 0.291 e. The van der Waals surface area contributed by atoms with Gasteiger partial charge in [-0.25, -0.2) is 4.98 Å². The van der Waals surface area contributed by atoms with Crippen LogP contribution in [-0.4, -0.2) is 40.3 Å². The first kappa shape index (κ1) is 15.6. The highest BCUT2D eigenvalue weighted by molar-refractivity contribution is 5.90. The highest BCUT2D eigenvalue weighted by Gasteiger charge is 2.20. The molecule has 1 atom stereocenters. The number of nitrogens with one attached hydrogen (secondary N) is 2. The largest absolute Gasteiger partial charge is 0.380 e. The Labute approximate surface area is 114 Å². The Balaban J connectivity index is 2.64. The van der Waals surface area contributed by atoms with Gasteiger partial charge in [-0.1, -0.05) is 27.7 Å². The minimum Gasteiger partial charge on any atom is -0.380 e. The molecular weight excluding hydrogens is 244 g/mol. The van der Waals surface area contributed by atoms with E-state index in [-0.39, 0.29) is 23.7 Å². The van der Waals surface area contributed by atoms with E-state index in [4.69, 9.17) is 4.74 Å². The average molecular weight is 268 g/mol. The van der Waals surface area contributed by atoms with Crippen LogP contribution in [0, 0.1) is 5.92 Å². The highest BCUT2D eigenvalue weighted by atomic mass is 16.5. The van der Waals surface area contributed by atoms with Gasteiger partial charge in [0, 0.05) is 12.5 Å². The fraction of sp³-hybridized carbons (Fsp3) is 0.769. The van der Waals surface area contributed by atoms with Crippen LogP contribution in [0.25, 0.3) is 0 Å². The first-order valence-electron chi connectivity index (χ1n) is 6.76. The molecule has 0 radical (unpaired) electrons. The van der Waals surface area contributed by atoms with Crippen molar-refractivity contribution in [3.05, 3.63) is 11.6 Å². The summed E-state index contributed by atoms with van der Waals surface area (Å²) in [6.07, 6.45) is 0. The molecule has 1 aromatic rings. The number of aromatic amines is 1. The predicted molar refractivity (Wildman–Crippen MR) is 73.1 cm³/mol. The molecule has 6 heteroatoms. The number of carbonyl (C=O) groups excluding carboxylic acids is 1. The van der Waals surface area contributed by atoms with Crippen LogP contribution in [0.3, 0.4) is 0 Å². The Hall–Kier alpha value is -1.43. The van der Waals surface area contributed by atoms with E-state index >= 15 is 0 Å². The molecule has 1 unspecified atom stereocenters. The monoisotopic (exact) mass is 268 g/mol. The smallest absolute Gasteiger partial charge is 0.291 e. The third-order valence-corrected chi connectivity index (χ3v) is 2.88. The Bertz CT molecular complexity index is 401. The molecule has 0 saturated carbocycles. The van der Waals surface area contributed by atoms with E-state index in [0.29, 0.717) is 19.1 Å². The lowest BCUT2D eigenvalue weighted by molar-refractivity contribution is 0.0798. The molecule has 1 heterocycles. The second-order valence-electron chi connectivity index (χ2n) is 5.18. The van der Waals surface area contributed by atoms with Crippen molar-refractivity contribution < 1.29 is 9.53 Å². The summed E-state index contributed by atoms with van der Waals surface area (Å²) < 4.78 is 5.37. The van der Waals surface area contributed by atoms with Gasteiger partial charge in [0.25, 0.3) is 5.91 Å². The molecule has 0 spiro atoms. The molecule has 108 valence electrons. The van der Waals surface area contributed by atoms with E-state index in [2.05, 4.69) is 20.5 Å². The Morgan fingerprint density at radius 3 is 2.53 bits per heavy atom. The van der Waals surface area contributed by atoms with Gasteiger partial charge < -0.3 is 10.1 Å². The van der Waals surface area contributed by atoms with Crippen molar-refractivity contribution in [1.29, 1.82) is 0 Å². The predicted octanol–water partition coefficient (Wildman–Crippen LogP) is 1.72. The maximum absolute atomic E-state index is 12.0. The summed E-state index contributed by atoms with van der Waals surface area (Å²) in [5.41, 5.74) is 0. The zero-order chi connectivity index (χ0) is 14.4. The molecule has 6 nitrogen and oxygen atoms in total. The van der Waals surface area contributed by atoms with Crippen molar-refractivity contribution in [1.82, 2.24) is 20.5 Å². The molecule has 0 aliphatic rings. The third kappa shape index (κ3) is 4.63. The summed E-state index contributed by atoms with van der Waals surface area (Å²) >= 11 is 0. The summed E-state index contributed by atoms with van der Waals surface area (Å²) in [6.45, 7) is 11.1. The lowest BCUT2D eigenvalue weighted by Crippen LogP contribution is -2.42. The van der Waals surface area contributed by atoms with Crippen molar-refractivity contribution >= 4 is 5.91 Å². The summed E-state index contributed by atoms with van der Waals surface area (Å²) in [6, 6.07) is -0.0338. The van der Waals surface area contributed by atoms with E-state index in [1.807, 2.05) is 34.6 Å². The highest BCUT2D eigenvalue weighted by Crippen LogP contribution is 2.08. The Kier molecular flexibility index (Phi) is 5.95. The number of nitrogens with zero attached hydrogens (tertiary/aromatic N) is 2. The third-order valence-electron chi connectivity index (χ3n) is 2.88. The first-order valence-corrected chi connectivity index (χ1v) is 6.76. The zero-order valence-electron chi connectivity index (χ0n) is 12.4. The van der Waals surface area contributed by atoms with E-state index in [1.54, 1.807) is 0 Å². The average Bonchev–Trinajstić information content (AvgIpc) is 2.83. The van der Waals surface area contributed by atoms with Crippen LogP contribution < -0.4 is 5.32 Å². The standard InChI is InChI=1S/C13H24N4O2/c1-6-19-7-10(8(2)3)14-13(18)12-15-11(9(4)5)16-17-12/h8-10H,6-7H2,1-5H3,(H,14,18)(H,15,16,17). The summed E-state index contributed by atoms with van der Waals surface area (Å²) in [5, 5.41) is 9.63. The normalized spacial score (nSPS) is 13.0. The molecule has 0 fully saturated rings. The molecule has 0 bridgehead atoms. The molecule has 0 aromatic carbocycles. The van der Waals surface area contributed by atoms with Crippen LogP contribution in [0.2, 0.25) is 0 Å². The van der Waals surface area contributed by atoms with Crippen molar-refractivity contribution in [3.8, 4) is 0 Å². The molecule has 1 amide bonds. The van der Waals surface area contributed by atoms with Gasteiger partial charge in [-0.05, 0) is 12.8 Å². The van der Waals surface area contributed by atoms with E-state index < -0.39 is 0 Å². The van der Waals surface area contributed by atoms with Crippen LogP contribution in [0.4, 0.5) is 0 Å². The molecule has 2 N–H and O–H groups in total. The molecule has 1 aromatic heterocycles. The number of hydrogen-bond donors (Lipinski definition) is 2. The molecule has 0 saturated heterocycles. The van der Waals surface area contributed by atoms with Crippen LogP contribution in [0.5, 0.6) is 0 Å². The van der Waals surface area contributed by atoms with Gasteiger partial charge in [-0.3, -0.25) is 9.89 Å². The minimum absolute atomic E-state index is 0.0338. The summed E-state index contributed by atoms with van der Waals surface area (Å²) in [7, 11) is 0. The van der Waals surface area contributed by atoms with Crippen LogP contribution in [0.15, 0.2) is 0 Å². The number of ether oxygens (including phenoxy) is 1. The SMILES string of the molecule is CCOCC(NC(=O)c1n[nH]c(C(C)C)n1)C(C)C. The number of carbonyl (C=O) groups is 1. The van der Waals surface area contributed by atoms with Crippen LogP contribution >= 0.6 is 0 Å². The maximum atomic E-state index is 12.0. The Morgan fingerprint density at radius 2 is 2.05 bits per heavy atom. The number of aromatic nitrogens is 3. The number of amides is 1. The van der Waals surface area contributed by atoms with Crippen molar-refractivity contribution in [2.45, 2.75) is 46.6 Å². The Morgan fingerprint density at radius 1 is 1.37 bits per heavy atom. The number of hydrogen-bond acceptors (Lipinski definition) is 4. The van der Waals surface area contributed by atoms with Gasteiger partial charge in [0.2, 0.25) is 5.82 Å². The van der Waals surface area contributed by atoms with Crippen LogP contribution in [-0.2, 0) is 4.74 Å². The molecule has 1 rings (SSSR count). The van der Waals surface area contributed by atoms with Crippen molar-refractivity contribution in [3.63, 3.8) is 0 Å².